The molecule has 4 rings (SSSR count). The number of fused-ring (bicyclic) bond motifs is 5. The molecule has 3 heteroatoms. The lowest BCUT2D eigenvalue weighted by atomic mass is 9.44. The molecule has 0 heterocycles. The van der Waals surface area contributed by atoms with Gasteiger partial charge in [-0.15, -0.1) is 0 Å². The lowest BCUT2D eigenvalue weighted by Gasteiger charge is -2.61. The molecule has 7 atom stereocenters. The smallest absolute Gasteiger partial charge is 0.330 e. The second kappa shape index (κ2) is 8.11. The number of aliphatic hydroxyl groups is 1. The number of carboxylic acid groups (broad SMARTS) is 1. The highest BCUT2D eigenvalue weighted by molar-refractivity contribution is 5.85. The second-order valence-electron chi connectivity index (χ2n) is 13.2. The lowest BCUT2D eigenvalue weighted by molar-refractivity contribution is -0.132. The van der Waals surface area contributed by atoms with Gasteiger partial charge in [-0.3, -0.25) is 0 Å². The van der Waals surface area contributed by atoms with E-state index in [1.165, 1.54) is 12.8 Å². The number of rotatable bonds is 5. The minimum Gasteiger partial charge on any atom is -0.478 e. The van der Waals surface area contributed by atoms with Crippen molar-refractivity contribution in [3.63, 3.8) is 0 Å². The van der Waals surface area contributed by atoms with E-state index < -0.39 is 5.97 Å². The van der Waals surface area contributed by atoms with Crippen LogP contribution in [0.1, 0.15) is 99.8 Å². The van der Waals surface area contributed by atoms with Crippen molar-refractivity contribution in [3.8, 4) is 0 Å². The molecule has 2 fully saturated rings. The third-order valence-electron chi connectivity index (χ3n) is 11.4. The highest BCUT2D eigenvalue weighted by atomic mass is 16.4. The maximum absolute atomic E-state index is 11.1. The van der Waals surface area contributed by atoms with Gasteiger partial charge in [-0.05, 0) is 109 Å². The summed E-state index contributed by atoms with van der Waals surface area (Å²) in [5.74, 6) is 0.940. The van der Waals surface area contributed by atoms with Gasteiger partial charge < -0.3 is 10.2 Å². The van der Waals surface area contributed by atoms with Crippen LogP contribution in [-0.2, 0) is 4.79 Å². The van der Waals surface area contributed by atoms with Crippen molar-refractivity contribution in [1.82, 2.24) is 0 Å². The van der Waals surface area contributed by atoms with E-state index in [4.69, 9.17) is 5.11 Å². The molecule has 2 saturated carbocycles. The number of carboxylic acids is 1. The highest BCUT2D eigenvalue weighted by Crippen LogP contribution is 2.71. The summed E-state index contributed by atoms with van der Waals surface area (Å²) < 4.78 is 0. The highest BCUT2D eigenvalue weighted by Gasteiger charge is 2.62. The van der Waals surface area contributed by atoms with Crippen molar-refractivity contribution in [3.05, 3.63) is 34.9 Å². The Morgan fingerprint density at radius 1 is 1.12 bits per heavy atom. The van der Waals surface area contributed by atoms with E-state index in [1.807, 2.05) is 6.08 Å². The molecule has 0 aliphatic heterocycles. The van der Waals surface area contributed by atoms with Gasteiger partial charge in [0.25, 0.3) is 0 Å². The number of carbonyl (C=O) groups is 1. The van der Waals surface area contributed by atoms with E-state index in [0.29, 0.717) is 23.3 Å². The first-order valence-corrected chi connectivity index (χ1v) is 13.3. The first-order valence-electron chi connectivity index (χ1n) is 13.3. The number of aliphatic hydroxyl groups excluding tert-OH is 1. The van der Waals surface area contributed by atoms with Gasteiger partial charge in [-0.2, -0.15) is 0 Å². The molecule has 33 heavy (non-hydrogen) atoms. The Kier molecular flexibility index (Phi) is 6.08. The minimum atomic E-state index is -0.803. The van der Waals surface area contributed by atoms with Gasteiger partial charge >= 0.3 is 5.97 Å². The van der Waals surface area contributed by atoms with Crippen LogP contribution in [0.15, 0.2) is 34.9 Å². The van der Waals surface area contributed by atoms with E-state index in [9.17, 15) is 9.90 Å². The predicted molar refractivity (Wildman–Crippen MR) is 135 cm³/mol. The molecule has 0 saturated heterocycles. The summed E-state index contributed by atoms with van der Waals surface area (Å²) in [7, 11) is 0. The predicted octanol–water partition coefficient (Wildman–Crippen LogP) is 7.32. The van der Waals surface area contributed by atoms with Gasteiger partial charge in [0, 0.05) is 5.57 Å². The molecular formula is C30H46O3. The fourth-order valence-electron chi connectivity index (χ4n) is 8.80. The maximum Gasteiger partial charge on any atom is 0.330 e. The molecular weight excluding hydrogens is 408 g/mol. The van der Waals surface area contributed by atoms with Gasteiger partial charge in [-0.1, -0.05) is 59.8 Å². The van der Waals surface area contributed by atoms with E-state index >= 15 is 0 Å². The molecule has 0 aromatic heterocycles. The van der Waals surface area contributed by atoms with E-state index in [1.54, 1.807) is 18.1 Å². The second-order valence-corrected chi connectivity index (χ2v) is 13.2. The normalized spacial score (nSPS) is 43.0. The SMILES string of the molecule is C/C(=C\CCC(C)C1CCC2(C)C3=CCC4C(C)(CCC(O)C4(C)C)C3=CCC12C)C(=O)O. The molecule has 0 aromatic carbocycles. The molecule has 3 nitrogen and oxygen atoms in total. The summed E-state index contributed by atoms with van der Waals surface area (Å²) in [5, 5.41) is 19.9. The third kappa shape index (κ3) is 3.51. The number of allylic oxidation sites excluding steroid dienone is 5. The summed E-state index contributed by atoms with van der Waals surface area (Å²) in [6, 6.07) is 0. The van der Waals surface area contributed by atoms with Crippen molar-refractivity contribution in [2.45, 2.75) is 106 Å². The van der Waals surface area contributed by atoms with Crippen molar-refractivity contribution in [2.24, 2.45) is 39.4 Å². The van der Waals surface area contributed by atoms with Crippen LogP contribution < -0.4 is 0 Å². The fourth-order valence-corrected chi connectivity index (χ4v) is 8.80. The summed E-state index contributed by atoms with van der Waals surface area (Å²) in [4.78, 5) is 11.1. The van der Waals surface area contributed by atoms with Gasteiger partial charge in [0.2, 0.25) is 0 Å². The molecule has 4 aliphatic carbocycles. The largest absolute Gasteiger partial charge is 0.478 e. The average Bonchev–Trinajstić information content (AvgIpc) is 3.02. The van der Waals surface area contributed by atoms with Crippen LogP contribution >= 0.6 is 0 Å². The first-order chi connectivity index (χ1) is 15.3. The quantitative estimate of drug-likeness (QED) is 0.428. The Hall–Kier alpha value is -1.35. The van der Waals surface area contributed by atoms with Gasteiger partial charge in [0.15, 0.2) is 0 Å². The number of aliphatic carboxylic acids is 1. The Balaban J connectivity index is 1.61. The van der Waals surface area contributed by atoms with Crippen LogP contribution in [0.25, 0.3) is 0 Å². The summed E-state index contributed by atoms with van der Waals surface area (Å²) in [6.45, 7) is 16.2. The molecule has 0 radical (unpaired) electrons. The zero-order chi connectivity index (χ0) is 24.4. The molecule has 0 aromatic rings. The van der Waals surface area contributed by atoms with E-state index in [0.717, 1.165) is 38.5 Å². The Morgan fingerprint density at radius 3 is 2.48 bits per heavy atom. The van der Waals surface area contributed by atoms with Crippen molar-refractivity contribution < 1.29 is 15.0 Å². The van der Waals surface area contributed by atoms with Crippen molar-refractivity contribution in [1.29, 1.82) is 0 Å². The molecule has 2 N–H and O–H groups in total. The molecule has 7 unspecified atom stereocenters. The molecule has 0 bridgehead atoms. The Bertz CT molecular complexity index is 908. The fraction of sp³-hybridized carbons (Fsp3) is 0.767. The number of hydrogen-bond acceptors (Lipinski definition) is 2. The van der Waals surface area contributed by atoms with E-state index in [2.05, 4.69) is 53.7 Å². The Labute approximate surface area is 201 Å². The lowest BCUT2D eigenvalue weighted by Crippen LogP contribution is -2.54. The van der Waals surface area contributed by atoms with Crippen LogP contribution in [0, 0.1) is 39.4 Å². The van der Waals surface area contributed by atoms with Crippen molar-refractivity contribution >= 4 is 5.97 Å². The first kappa shape index (κ1) is 24.8. The van der Waals surface area contributed by atoms with Crippen LogP contribution in [-0.4, -0.2) is 22.3 Å². The third-order valence-corrected chi connectivity index (χ3v) is 11.4. The van der Waals surface area contributed by atoms with Gasteiger partial charge in [0.1, 0.15) is 0 Å². The van der Waals surface area contributed by atoms with Crippen LogP contribution in [0.4, 0.5) is 0 Å². The zero-order valence-electron chi connectivity index (χ0n) is 22.0. The maximum atomic E-state index is 11.1. The molecule has 184 valence electrons. The summed E-state index contributed by atoms with van der Waals surface area (Å²) in [6.07, 6.45) is 15.5. The van der Waals surface area contributed by atoms with Gasteiger partial charge in [-0.25, -0.2) is 4.79 Å². The molecule has 0 spiro atoms. The topological polar surface area (TPSA) is 57.5 Å². The van der Waals surface area contributed by atoms with Crippen LogP contribution in [0.5, 0.6) is 0 Å². The molecule has 4 aliphatic rings. The van der Waals surface area contributed by atoms with Gasteiger partial charge in [0.05, 0.1) is 6.10 Å². The molecule has 0 amide bonds. The minimum absolute atomic E-state index is 0.0498. The summed E-state index contributed by atoms with van der Waals surface area (Å²) in [5.41, 5.74) is 4.26. The van der Waals surface area contributed by atoms with Crippen molar-refractivity contribution in [2.75, 3.05) is 0 Å². The monoisotopic (exact) mass is 454 g/mol. The summed E-state index contributed by atoms with van der Waals surface area (Å²) >= 11 is 0. The number of hydrogen-bond donors (Lipinski definition) is 2. The Morgan fingerprint density at radius 2 is 1.82 bits per heavy atom. The zero-order valence-corrected chi connectivity index (χ0v) is 22.0. The standard InChI is InChI=1S/C30H46O3/c1-19(9-8-10-20(2)26(32)33)21-13-17-30(7)23-11-12-24-27(3,4)25(31)15-16-28(24,5)22(23)14-18-29(21,30)6/h10-11,14,19,21,24-25,31H,8-9,12-13,15-18H2,1-7H3,(H,32,33)/b20-10+. The van der Waals surface area contributed by atoms with Crippen LogP contribution in [0.3, 0.4) is 0 Å². The average molecular weight is 455 g/mol. The van der Waals surface area contributed by atoms with Crippen LogP contribution in [0.2, 0.25) is 0 Å². The van der Waals surface area contributed by atoms with E-state index in [-0.39, 0.29) is 27.8 Å².